The lowest BCUT2D eigenvalue weighted by Gasteiger charge is -2.04. The van der Waals surface area contributed by atoms with Crippen LogP contribution in [0.5, 0.6) is 5.75 Å². The zero-order chi connectivity index (χ0) is 15.9. The van der Waals surface area contributed by atoms with Crippen LogP contribution in [0.2, 0.25) is 0 Å². The van der Waals surface area contributed by atoms with Crippen molar-refractivity contribution in [1.82, 2.24) is 0 Å². The Morgan fingerprint density at radius 2 is 1.57 bits per heavy atom. The van der Waals surface area contributed by atoms with Crippen LogP contribution in [-0.4, -0.2) is 17.2 Å². The van der Waals surface area contributed by atoms with Gasteiger partial charge in [-0.25, -0.2) is 0 Å². The van der Waals surface area contributed by atoms with Crippen molar-refractivity contribution in [1.29, 1.82) is 0 Å². The van der Waals surface area contributed by atoms with Crippen LogP contribution >= 0.6 is 0 Å². The van der Waals surface area contributed by atoms with Gasteiger partial charge in [0.1, 0.15) is 5.75 Å². The Morgan fingerprint density at radius 1 is 1.05 bits per heavy atom. The zero-order valence-corrected chi connectivity index (χ0v) is 13.3. The standard InChI is InChI=1S/C15H24O.C3H4O2/c1-2-3-4-5-6-7-8-11-14-12-9-10-13-15(14)16;1-3(5)2-4/h9-10,12-13,16H,2-8,11H2,1H3;2H,1H3. The van der Waals surface area contributed by atoms with E-state index < -0.39 is 5.78 Å². The molecule has 0 spiro atoms. The summed E-state index contributed by atoms with van der Waals surface area (Å²) in [6.07, 6.45) is 10.6. The molecular formula is C18H28O3. The van der Waals surface area contributed by atoms with Gasteiger partial charge < -0.3 is 5.11 Å². The second-order valence-corrected chi connectivity index (χ2v) is 5.23. The third-order valence-electron chi connectivity index (χ3n) is 3.21. The Labute approximate surface area is 128 Å². The van der Waals surface area contributed by atoms with Crippen LogP contribution < -0.4 is 0 Å². The predicted molar refractivity (Wildman–Crippen MR) is 86.5 cm³/mol. The Kier molecular flexibility index (Phi) is 12.3. The number of ketones is 1. The molecule has 0 radical (unpaired) electrons. The van der Waals surface area contributed by atoms with Crippen molar-refractivity contribution in [2.75, 3.05) is 0 Å². The van der Waals surface area contributed by atoms with Crippen molar-refractivity contribution >= 4 is 12.1 Å². The number of rotatable bonds is 9. The number of aromatic hydroxyl groups is 1. The fourth-order valence-corrected chi connectivity index (χ4v) is 1.99. The summed E-state index contributed by atoms with van der Waals surface area (Å²) in [6.45, 7) is 3.46. The van der Waals surface area contributed by atoms with E-state index in [0.717, 1.165) is 12.0 Å². The van der Waals surface area contributed by atoms with Crippen molar-refractivity contribution in [2.45, 2.75) is 65.2 Å². The molecule has 0 aliphatic heterocycles. The molecule has 0 saturated heterocycles. The van der Waals surface area contributed by atoms with Gasteiger partial charge in [-0.3, -0.25) is 9.59 Å². The first kappa shape index (κ1) is 19.4. The number of benzene rings is 1. The molecule has 0 bridgehead atoms. The molecule has 1 N–H and O–H groups in total. The van der Waals surface area contributed by atoms with Crippen molar-refractivity contribution in [3.63, 3.8) is 0 Å². The Hall–Kier alpha value is -1.64. The van der Waals surface area contributed by atoms with Crippen LogP contribution in [0.4, 0.5) is 0 Å². The second-order valence-electron chi connectivity index (χ2n) is 5.23. The summed E-state index contributed by atoms with van der Waals surface area (Å²) >= 11 is 0. The lowest BCUT2D eigenvalue weighted by Crippen LogP contribution is -1.87. The highest BCUT2D eigenvalue weighted by atomic mass is 16.3. The minimum atomic E-state index is -0.426. The molecule has 0 aliphatic carbocycles. The summed E-state index contributed by atoms with van der Waals surface area (Å²) < 4.78 is 0. The van der Waals surface area contributed by atoms with Crippen LogP contribution in [0.25, 0.3) is 0 Å². The van der Waals surface area contributed by atoms with Crippen LogP contribution in [0.3, 0.4) is 0 Å². The predicted octanol–water partition coefficient (Wildman–Crippen LogP) is 4.46. The molecule has 3 nitrogen and oxygen atoms in total. The van der Waals surface area contributed by atoms with Crippen molar-refractivity contribution in [3.05, 3.63) is 29.8 Å². The minimum absolute atomic E-state index is 0.278. The summed E-state index contributed by atoms with van der Waals surface area (Å²) in [5, 5.41) is 9.58. The molecule has 0 aromatic heterocycles. The van der Waals surface area contributed by atoms with Gasteiger partial charge in [-0.05, 0) is 24.5 Å². The normalized spacial score (nSPS) is 9.62. The topological polar surface area (TPSA) is 54.4 Å². The van der Waals surface area contributed by atoms with Crippen molar-refractivity contribution < 1.29 is 14.7 Å². The number of carbonyl (C=O) groups excluding carboxylic acids is 2. The van der Waals surface area contributed by atoms with E-state index in [0.29, 0.717) is 5.75 Å². The number of carbonyl (C=O) groups is 2. The molecule has 0 amide bonds. The number of para-hydroxylation sites is 1. The van der Waals surface area contributed by atoms with E-state index in [2.05, 4.69) is 6.92 Å². The van der Waals surface area contributed by atoms with Crippen LogP contribution in [-0.2, 0) is 16.0 Å². The summed E-state index contributed by atoms with van der Waals surface area (Å²) in [7, 11) is 0. The molecule has 0 saturated carbocycles. The molecule has 0 unspecified atom stereocenters. The van der Waals surface area contributed by atoms with Gasteiger partial charge in [-0.2, -0.15) is 0 Å². The first-order chi connectivity index (χ1) is 10.1. The van der Waals surface area contributed by atoms with Gasteiger partial charge in [0.05, 0.1) is 0 Å². The summed E-state index contributed by atoms with van der Waals surface area (Å²) in [4.78, 5) is 18.6. The molecule has 0 fully saturated rings. The van der Waals surface area contributed by atoms with Gasteiger partial charge in [-0.15, -0.1) is 0 Å². The average molecular weight is 292 g/mol. The Balaban J connectivity index is 0.000000690. The molecule has 21 heavy (non-hydrogen) atoms. The highest BCUT2D eigenvalue weighted by Crippen LogP contribution is 2.18. The van der Waals surface area contributed by atoms with E-state index in [1.807, 2.05) is 18.2 Å². The Morgan fingerprint density at radius 3 is 2.10 bits per heavy atom. The van der Waals surface area contributed by atoms with E-state index in [1.54, 1.807) is 6.07 Å². The summed E-state index contributed by atoms with van der Waals surface area (Å²) in [6, 6.07) is 7.67. The monoisotopic (exact) mass is 292 g/mol. The van der Waals surface area contributed by atoms with Gasteiger partial charge in [0.2, 0.25) is 0 Å². The van der Waals surface area contributed by atoms with E-state index in [1.165, 1.54) is 51.9 Å². The molecule has 1 aromatic carbocycles. The van der Waals surface area contributed by atoms with Gasteiger partial charge in [0, 0.05) is 6.92 Å². The van der Waals surface area contributed by atoms with Gasteiger partial charge >= 0.3 is 0 Å². The van der Waals surface area contributed by atoms with E-state index in [4.69, 9.17) is 4.79 Å². The minimum Gasteiger partial charge on any atom is -0.508 e. The molecule has 3 heteroatoms. The summed E-state index contributed by atoms with van der Waals surface area (Å²) in [5.41, 5.74) is 1.09. The number of aldehydes is 1. The number of phenolic OH excluding ortho intramolecular Hbond substituents is 1. The molecule has 1 aromatic rings. The summed E-state index contributed by atoms with van der Waals surface area (Å²) in [5.74, 6) is 0.0264. The molecule has 1 rings (SSSR count). The van der Waals surface area contributed by atoms with Crippen LogP contribution in [0.15, 0.2) is 24.3 Å². The lowest BCUT2D eigenvalue weighted by atomic mass is 10.0. The number of hydrogen-bond donors (Lipinski definition) is 1. The number of aryl methyl sites for hydroxylation is 1. The lowest BCUT2D eigenvalue weighted by molar-refractivity contribution is -0.128. The van der Waals surface area contributed by atoms with Crippen LogP contribution in [0.1, 0.15) is 64.4 Å². The third-order valence-corrected chi connectivity index (χ3v) is 3.21. The van der Waals surface area contributed by atoms with Gasteiger partial charge in [0.25, 0.3) is 0 Å². The van der Waals surface area contributed by atoms with Crippen molar-refractivity contribution in [3.8, 4) is 5.75 Å². The maximum absolute atomic E-state index is 9.58. The highest BCUT2D eigenvalue weighted by Gasteiger charge is 1.98. The molecule has 0 atom stereocenters. The molecular weight excluding hydrogens is 264 g/mol. The van der Waals surface area contributed by atoms with Crippen molar-refractivity contribution in [2.24, 2.45) is 0 Å². The van der Waals surface area contributed by atoms with Gasteiger partial charge in [-0.1, -0.05) is 63.6 Å². The fraction of sp³-hybridized carbons (Fsp3) is 0.556. The van der Waals surface area contributed by atoms with Crippen LogP contribution in [0, 0.1) is 0 Å². The number of phenols is 1. The number of hydrogen-bond acceptors (Lipinski definition) is 3. The Bertz CT molecular complexity index is 399. The first-order valence-electron chi connectivity index (χ1n) is 7.84. The largest absolute Gasteiger partial charge is 0.508 e. The maximum Gasteiger partial charge on any atom is 0.192 e. The average Bonchev–Trinajstić information content (AvgIpc) is 2.48. The first-order valence-corrected chi connectivity index (χ1v) is 7.84. The molecule has 118 valence electrons. The zero-order valence-electron chi connectivity index (χ0n) is 13.3. The highest BCUT2D eigenvalue weighted by molar-refractivity contribution is 6.23. The number of Topliss-reactive ketones (excluding diaryl/α,β-unsaturated/α-hetero) is 1. The quantitative estimate of drug-likeness (QED) is 0.415. The SMILES string of the molecule is CC(=O)C=O.CCCCCCCCCc1ccccc1O. The molecule has 0 heterocycles. The van der Waals surface area contributed by atoms with E-state index in [-0.39, 0.29) is 6.29 Å². The van der Waals surface area contributed by atoms with E-state index >= 15 is 0 Å². The fourth-order valence-electron chi connectivity index (χ4n) is 1.99. The smallest absolute Gasteiger partial charge is 0.192 e. The third kappa shape index (κ3) is 11.9. The van der Waals surface area contributed by atoms with Gasteiger partial charge in [0.15, 0.2) is 12.1 Å². The van der Waals surface area contributed by atoms with E-state index in [9.17, 15) is 9.90 Å². The maximum atomic E-state index is 9.58. The molecule has 0 aliphatic rings. The number of unbranched alkanes of at least 4 members (excludes halogenated alkanes) is 6. The second kappa shape index (κ2) is 13.3.